The van der Waals surface area contributed by atoms with Gasteiger partial charge in [-0.05, 0) is 32.4 Å². The van der Waals surface area contributed by atoms with Crippen molar-refractivity contribution in [1.29, 1.82) is 0 Å². The third-order valence-corrected chi connectivity index (χ3v) is 5.66. The lowest BCUT2D eigenvalue weighted by Crippen LogP contribution is -2.30. The van der Waals surface area contributed by atoms with Crippen LogP contribution in [0.2, 0.25) is 0 Å². The molecule has 2 aromatic heterocycles. The van der Waals surface area contributed by atoms with Crippen molar-refractivity contribution in [2.45, 2.75) is 57.0 Å². The molecule has 4 atom stereocenters. The van der Waals surface area contributed by atoms with Crippen LogP contribution in [-0.2, 0) is 19.0 Å². The molecule has 178 valence electrons. The van der Waals surface area contributed by atoms with Crippen molar-refractivity contribution in [3.63, 3.8) is 0 Å². The second-order valence-corrected chi connectivity index (χ2v) is 8.55. The Balaban J connectivity index is 1.40. The maximum atomic E-state index is 12.5. The van der Waals surface area contributed by atoms with E-state index in [0.717, 1.165) is 0 Å². The molecule has 12 nitrogen and oxygen atoms in total. The number of carboxylic acid groups (broad SMARTS) is 1. The van der Waals surface area contributed by atoms with Crippen molar-refractivity contribution in [1.82, 2.24) is 19.5 Å². The number of hydrogen-bond acceptors (Lipinski definition) is 8. The summed E-state index contributed by atoms with van der Waals surface area (Å²) in [4.78, 5) is 36.4. The quantitative estimate of drug-likeness (QED) is 0.496. The molecule has 2 saturated heterocycles. The molecule has 2 fully saturated rings. The summed E-state index contributed by atoms with van der Waals surface area (Å²) in [5.74, 6) is -1.52. The molecule has 2 amide bonds. The number of urea groups is 1. The molecule has 4 heterocycles. The van der Waals surface area contributed by atoms with E-state index in [4.69, 9.17) is 19.3 Å². The van der Waals surface area contributed by atoms with E-state index in [1.54, 1.807) is 30.5 Å². The van der Waals surface area contributed by atoms with E-state index in [0.29, 0.717) is 16.9 Å². The first-order valence-corrected chi connectivity index (χ1v) is 10.8. The molecule has 4 unspecified atom stereocenters. The Morgan fingerprint density at radius 2 is 1.85 bits per heavy atom. The number of anilines is 2. The predicted molar refractivity (Wildman–Crippen MR) is 119 cm³/mol. The molecule has 5 rings (SSSR count). The number of aliphatic carboxylic acids is 1. The summed E-state index contributed by atoms with van der Waals surface area (Å²) >= 11 is 0. The highest BCUT2D eigenvalue weighted by Crippen LogP contribution is 2.45. The molecule has 1 aromatic carbocycles. The van der Waals surface area contributed by atoms with Crippen LogP contribution in [0, 0.1) is 0 Å². The van der Waals surface area contributed by atoms with E-state index in [9.17, 15) is 9.59 Å². The topological polar surface area (TPSA) is 150 Å². The zero-order chi connectivity index (χ0) is 23.9. The Kier molecular flexibility index (Phi) is 5.63. The fourth-order valence-electron chi connectivity index (χ4n) is 4.30. The molecule has 34 heavy (non-hydrogen) atoms. The van der Waals surface area contributed by atoms with Gasteiger partial charge in [-0.15, -0.1) is 0 Å². The molecule has 0 spiro atoms. The van der Waals surface area contributed by atoms with Crippen LogP contribution in [0.4, 0.5) is 16.3 Å². The number of benzene rings is 1. The minimum atomic E-state index is -0.910. The van der Waals surface area contributed by atoms with Crippen LogP contribution in [0.15, 0.2) is 43.0 Å². The number of ether oxygens (including phenoxy) is 3. The number of carbonyl (C=O) groups is 2. The van der Waals surface area contributed by atoms with Gasteiger partial charge in [-0.3, -0.25) is 14.7 Å². The summed E-state index contributed by atoms with van der Waals surface area (Å²) in [6, 6.07) is 8.55. The Morgan fingerprint density at radius 3 is 2.62 bits per heavy atom. The van der Waals surface area contributed by atoms with Gasteiger partial charge in [0.1, 0.15) is 18.5 Å². The van der Waals surface area contributed by atoms with E-state index in [2.05, 4.69) is 25.6 Å². The van der Waals surface area contributed by atoms with Gasteiger partial charge in [0.2, 0.25) is 0 Å². The van der Waals surface area contributed by atoms with Crippen molar-refractivity contribution < 1.29 is 28.9 Å². The van der Waals surface area contributed by atoms with Gasteiger partial charge in [0.25, 0.3) is 0 Å². The van der Waals surface area contributed by atoms with Gasteiger partial charge in [-0.2, -0.15) is 0 Å². The van der Waals surface area contributed by atoms with Crippen molar-refractivity contribution in [2.24, 2.45) is 0 Å². The molecular weight excluding hydrogens is 444 g/mol. The molecule has 0 bridgehead atoms. The van der Waals surface area contributed by atoms with E-state index >= 15 is 0 Å². The summed E-state index contributed by atoms with van der Waals surface area (Å²) in [6.07, 6.45) is 1.05. The number of aromatic nitrogens is 4. The van der Waals surface area contributed by atoms with Crippen LogP contribution in [-0.4, -0.2) is 60.7 Å². The maximum Gasteiger partial charge on any atom is 0.324 e. The number of nitrogens with zero attached hydrogens (tertiary/aromatic N) is 4. The molecule has 3 N–H and O–H groups in total. The largest absolute Gasteiger partial charge is 0.481 e. The first-order valence-electron chi connectivity index (χ1n) is 10.8. The first kappa shape index (κ1) is 22.2. The molecule has 2 aliphatic heterocycles. The van der Waals surface area contributed by atoms with Gasteiger partial charge in [0.05, 0.1) is 12.4 Å². The number of nitrogens with one attached hydrogen (secondary N) is 2. The molecule has 2 aliphatic rings. The Labute approximate surface area is 194 Å². The number of para-hydroxylation sites is 1. The van der Waals surface area contributed by atoms with E-state index in [-0.39, 0.29) is 18.7 Å². The van der Waals surface area contributed by atoms with E-state index in [1.165, 1.54) is 12.7 Å². The minimum absolute atomic E-state index is 0.0537. The number of rotatable bonds is 6. The van der Waals surface area contributed by atoms with Crippen LogP contribution in [0.3, 0.4) is 0 Å². The SMILES string of the molecule is CC1(C)OC2C(CCC(=O)O)OC(n3cnc4c(NC(=O)Nc5ccccc5)ncnc43)C2O1. The van der Waals surface area contributed by atoms with Gasteiger partial charge in [0, 0.05) is 12.1 Å². The smallest absolute Gasteiger partial charge is 0.324 e. The van der Waals surface area contributed by atoms with E-state index in [1.807, 2.05) is 18.2 Å². The summed E-state index contributed by atoms with van der Waals surface area (Å²) in [5.41, 5.74) is 1.44. The number of imidazole rings is 1. The monoisotopic (exact) mass is 468 g/mol. The second-order valence-electron chi connectivity index (χ2n) is 8.55. The highest BCUT2D eigenvalue weighted by Gasteiger charge is 2.56. The predicted octanol–water partition coefficient (Wildman–Crippen LogP) is 2.75. The zero-order valence-corrected chi connectivity index (χ0v) is 18.5. The number of carbonyl (C=O) groups excluding carboxylic acids is 1. The third-order valence-electron chi connectivity index (χ3n) is 5.66. The summed E-state index contributed by atoms with van der Waals surface area (Å²) in [5, 5.41) is 14.5. The second kappa shape index (κ2) is 8.63. The van der Waals surface area contributed by atoms with Gasteiger partial charge < -0.3 is 24.6 Å². The zero-order valence-electron chi connectivity index (χ0n) is 18.5. The summed E-state index contributed by atoms with van der Waals surface area (Å²) < 4.78 is 20.0. The first-order chi connectivity index (χ1) is 16.3. The maximum absolute atomic E-state index is 12.5. The summed E-state index contributed by atoms with van der Waals surface area (Å²) in [7, 11) is 0. The van der Waals surface area contributed by atoms with Gasteiger partial charge in [-0.25, -0.2) is 19.7 Å². The van der Waals surface area contributed by atoms with Crippen LogP contribution >= 0.6 is 0 Å². The average Bonchev–Trinajstić information content (AvgIpc) is 3.44. The van der Waals surface area contributed by atoms with Crippen LogP contribution in [0.1, 0.15) is 32.9 Å². The Morgan fingerprint density at radius 1 is 1.09 bits per heavy atom. The number of carboxylic acids is 1. The number of amides is 2. The average molecular weight is 468 g/mol. The molecular formula is C22H24N6O6. The van der Waals surface area contributed by atoms with Gasteiger partial charge in [0.15, 0.2) is 29.0 Å². The fraction of sp³-hybridized carbons (Fsp3) is 0.409. The van der Waals surface area contributed by atoms with Crippen LogP contribution in [0.25, 0.3) is 11.2 Å². The molecule has 0 radical (unpaired) electrons. The highest BCUT2D eigenvalue weighted by atomic mass is 16.8. The number of fused-ring (bicyclic) bond motifs is 2. The van der Waals surface area contributed by atoms with Gasteiger partial charge in [-0.1, -0.05) is 18.2 Å². The van der Waals surface area contributed by atoms with Crippen LogP contribution < -0.4 is 10.6 Å². The van der Waals surface area contributed by atoms with Crippen molar-refractivity contribution in [2.75, 3.05) is 10.6 Å². The molecule has 12 heteroatoms. The highest BCUT2D eigenvalue weighted by molar-refractivity contribution is 6.02. The van der Waals surface area contributed by atoms with Crippen molar-refractivity contribution in [3.8, 4) is 0 Å². The molecule has 0 saturated carbocycles. The van der Waals surface area contributed by atoms with E-state index < -0.39 is 42.3 Å². The lowest BCUT2D eigenvalue weighted by atomic mass is 10.1. The van der Waals surface area contributed by atoms with Gasteiger partial charge >= 0.3 is 12.0 Å². The third kappa shape index (κ3) is 4.30. The standard InChI is InChI=1S/C22H24N6O6/c1-22(2)33-16-13(8-9-14(29)30)32-20(17(16)34-22)28-11-25-15-18(23-10-24-19(15)28)27-21(31)26-12-6-4-3-5-7-12/h3-7,10-11,13,16-17,20H,8-9H2,1-2H3,(H,29,30)(H2,23,24,26,27,31). The van der Waals surface area contributed by atoms with Crippen molar-refractivity contribution >= 4 is 34.7 Å². The lowest BCUT2D eigenvalue weighted by Gasteiger charge is -2.24. The molecule has 0 aliphatic carbocycles. The Hall–Kier alpha value is -3.61. The molecule has 3 aromatic rings. The fourth-order valence-corrected chi connectivity index (χ4v) is 4.30. The van der Waals surface area contributed by atoms with Crippen molar-refractivity contribution in [3.05, 3.63) is 43.0 Å². The normalized spacial score (nSPS) is 25.2. The summed E-state index contributed by atoms with van der Waals surface area (Å²) in [6.45, 7) is 3.61. The van der Waals surface area contributed by atoms with Crippen LogP contribution in [0.5, 0.6) is 0 Å². The minimum Gasteiger partial charge on any atom is -0.481 e. The Bertz CT molecular complexity index is 1220. The number of hydrogen-bond donors (Lipinski definition) is 3. The lowest BCUT2D eigenvalue weighted by molar-refractivity contribution is -0.197.